The molecule has 2 heterocycles. The summed E-state index contributed by atoms with van der Waals surface area (Å²) in [5, 5.41) is 19.7. The van der Waals surface area contributed by atoms with Crippen molar-refractivity contribution in [3.8, 4) is 11.5 Å². The summed E-state index contributed by atoms with van der Waals surface area (Å²) in [4.78, 5) is 12.4. The normalized spacial score (nSPS) is 18.1. The topological polar surface area (TPSA) is 83.8 Å². The standard InChI is InChI=1S/C16H12O5/c17-10-6-9-14(7-11(10)18)21-15-5-8(4-12(19)16(9)15)13-2-1-3-20-13/h1-3,6-8,17-18H,4-5H2. The molecule has 1 aliphatic carbocycles. The molecular weight excluding hydrogens is 272 g/mol. The van der Waals surface area contributed by atoms with Crippen molar-refractivity contribution >= 4 is 16.8 Å². The van der Waals surface area contributed by atoms with E-state index in [9.17, 15) is 15.0 Å². The molecule has 0 amide bonds. The molecule has 0 radical (unpaired) electrons. The van der Waals surface area contributed by atoms with Crippen molar-refractivity contribution in [3.63, 3.8) is 0 Å². The average Bonchev–Trinajstić information content (AvgIpc) is 3.06. The summed E-state index contributed by atoms with van der Waals surface area (Å²) >= 11 is 0. The van der Waals surface area contributed by atoms with E-state index in [1.807, 2.05) is 6.07 Å². The molecule has 2 N–H and O–H groups in total. The zero-order chi connectivity index (χ0) is 14.6. The summed E-state index contributed by atoms with van der Waals surface area (Å²) in [6.07, 6.45) is 2.49. The SMILES string of the molecule is O=C1CC(c2ccco2)Cc2oc3cc(O)c(O)cc3c21. The largest absolute Gasteiger partial charge is 0.504 e. The van der Waals surface area contributed by atoms with Gasteiger partial charge in [-0.2, -0.15) is 0 Å². The second-order valence-corrected chi connectivity index (χ2v) is 5.28. The third-order valence-corrected chi connectivity index (χ3v) is 3.95. The van der Waals surface area contributed by atoms with Crippen LogP contribution in [0.5, 0.6) is 11.5 Å². The fraction of sp³-hybridized carbons (Fsp3) is 0.188. The molecule has 0 spiro atoms. The molecule has 0 bridgehead atoms. The van der Waals surface area contributed by atoms with Crippen molar-refractivity contribution in [2.24, 2.45) is 0 Å². The number of hydrogen-bond donors (Lipinski definition) is 2. The van der Waals surface area contributed by atoms with Crippen LogP contribution in [0.25, 0.3) is 11.0 Å². The quantitative estimate of drug-likeness (QED) is 0.669. The van der Waals surface area contributed by atoms with E-state index in [0.717, 1.165) is 5.76 Å². The predicted molar refractivity (Wildman–Crippen MR) is 73.6 cm³/mol. The Hall–Kier alpha value is -2.69. The van der Waals surface area contributed by atoms with Gasteiger partial charge in [0.15, 0.2) is 17.3 Å². The van der Waals surface area contributed by atoms with E-state index in [1.165, 1.54) is 12.1 Å². The lowest BCUT2D eigenvalue weighted by Crippen LogP contribution is -2.16. The van der Waals surface area contributed by atoms with Crippen LogP contribution in [0.2, 0.25) is 0 Å². The summed E-state index contributed by atoms with van der Waals surface area (Å²) in [6.45, 7) is 0. The van der Waals surface area contributed by atoms with Crippen LogP contribution in [-0.4, -0.2) is 16.0 Å². The van der Waals surface area contributed by atoms with Gasteiger partial charge in [0.05, 0.1) is 11.8 Å². The average molecular weight is 284 g/mol. The Morgan fingerprint density at radius 1 is 1.14 bits per heavy atom. The number of furan rings is 2. The minimum Gasteiger partial charge on any atom is -0.504 e. The van der Waals surface area contributed by atoms with Crippen LogP contribution in [0.1, 0.15) is 34.2 Å². The van der Waals surface area contributed by atoms with Crippen LogP contribution < -0.4 is 0 Å². The fourth-order valence-corrected chi connectivity index (χ4v) is 2.97. The third kappa shape index (κ3) is 1.74. The Balaban J connectivity index is 1.86. The number of hydrogen-bond acceptors (Lipinski definition) is 5. The van der Waals surface area contributed by atoms with Crippen LogP contribution >= 0.6 is 0 Å². The maximum absolute atomic E-state index is 12.4. The molecule has 0 saturated heterocycles. The number of phenols is 2. The smallest absolute Gasteiger partial charge is 0.167 e. The number of phenolic OH excluding ortho intramolecular Hbond substituents is 2. The van der Waals surface area contributed by atoms with Gasteiger partial charge >= 0.3 is 0 Å². The Morgan fingerprint density at radius 2 is 1.95 bits per heavy atom. The van der Waals surface area contributed by atoms with E-state index in [1.54, 1.807) is 12.3 Å². The molecule has 0 fully saturated rings. The molecule has 5 heteroatoms. The maximum Gasteiger partial charge on any atom is 0.167 e. The van der Waals surface area contributed by atoms with E-state index in [-0.39, 0.29) is 23.2 Å². The first-order valence-electron chi connectivity index (χ1n) is 6.67. The first kappa shape index (κ1) is 12.1. The summed E-state index contributed by atoms with van der Waals surface area (Å²) in [5.74, 6) is 0.743. The molecule has 0 aliphatic heterocycles. The molecule has 1 unspecified atom stereocenters. The fourth-order valence-electron chi connectivity index (χ4n) is 2.97. The Labute approximate surface area is 119 Å². The molecule has 1 atom stereocenters. The van der Waals surface area contributed by atoms with Crippen molar-refractivity contribution < 1.29 is 23.8 Å². The highest BCUT2D eigenvalue weighted by atomic mass is 16.3. The summed E-state index contributed by atoms with van der Waals surface area (Å²) in [7, 11) is 0. The van der Waals surface area contributed by atoms with E-state index in [4.69, 9.17) is 8.83 Å². The molecule has 21 heavy (non-hydrogen) atoms. The van der Waals surface area contributed by atoms with Gasteiger partial charge in [-0.15, -0.1) is 0 Å². The first-order chi connectivity index (χ1) is 10.1. The van der Waals surface area contributed by atoms with Crippen LogP contribution in [-0.2, 0) is 6.42 Å². The Kier molecular flexibility index (Phi) is 2.39. The molecule has 4 rings (SSSR count). The summed E-state index contributed by atoms with van der Waals surface area (Å²) in [6, 6.07) is 6.35. The molecule has 3 aromatic rings. The van der Waals surface area contributed by atoms with Gasteiger partial charge in [0.2, 0.25) is 0 Å². The summed E-state index contributed by atoms with van der Waals surface area (Å²) < 4.78 is 11.1. The van der Waals surface area contributed by atoms with Gasteiger partial charge in [-0.3, -0.25) is 4.79 Å². The number of carbonyl (C=O) groups excluding carboxylic acids is 1. The number of ketones is 1. The van der Waals surface area contributed by atoms with Gasteiger partial charge in [-0.05, 0) is 18.2 Å². The van der Waals surface area contributed by atoms with Crippen LogP contribution in [0, 0.1) is 0 Å². The van der Waals surface area contributed by atoms with Crippen molar-refractivity contribution in [3.05, 3.63) is 47.6 Å². The molecule has 1 aromatic carbocycles. The molecule has 2 aromatic heterocycles. The lowest BCUT2D eigenvalue weighted by molar-refractivity contribution is 0.0958. The molecule has 5 nitrogen and oxygen atoms in total. The zero-order valence-corrected chi connectivity index (χ0v) is 11.0. The second kappa shape index (κ2) is 4.15. The number of rotatable bonds is 1. The zero-order valence-electron chi connectivity index (χ0n) is 11.0. The maximum atomic E-state index is 12.4. The Bertz CT molecular complexity index is 841. The van der Waals surface area contributed by atoms with Gasteiger partial charge in [0.1, 0.15) is 17.1 Å². The summed E-state index contributed by atoms with van der Waals surface area (Å²) in [5.41, 5.74) is 0.909. The molecule has 0 saturated carbocycles. The van der Waals surface area contributed by atoms with Gasteiger partial charge in [0, 0.05) is 30.2 Å². The highest BCUT2D eigenvalue weighted by molar-refractivity contribution is 6.10. The lowest BCUT2D eigenvalue weighted by atomic mass is 9.85. The van der Waals surface area contributed by atoms with Crippen molar-refractivity contribution in [2.75, 3.05) is 0 Å². The monoisotopic (exact) mass is 284 g/mol. The van der Waals surface area contributed by atoms with E-state index in [0.29, 0.717) is 35.1 Å². The van der Waals surface area contributed by atoms with Crippen molar-refractivity contribution in [1.29, 1.82) is 0 Å². The molecular formula is C16H12O5. The van der Waals surface area contributed by atoms with Crippen LogP contribution in [0.3, 0.4) is 0 Å². The van der Waals surface area contributed by atoms with Gasteiger partial charge in [0.25, 0.3) is 0 Å². The van der Waals surface area contributed by atoms with Gasteiger partial charge < -0.3 is 19.0 Å². The highest BCUT2D eigenvalue weighted by Gasteiger charge is 2.32. The number of benzene rings is 1. The van der Waals surface area contributed by atoms with E-state index < -0.39 is 0 Å². The second-order valence-electron chi connectivity index (χ2n) is 5.28. The third-order valence-electron chi connectivity index (χ3n) is 3.95. The number of Topliss-reactive ketones (excluding diaryl/α,β-unsaturated/α-hetero) is 1. The van der Waals surface area contributed by atoms with Gasteiger partial charge in [-0.25, -0.2) is 0 Å². The molecule has 1 aliphatic rings. The Morgan fingerprint density at radius 3 is 2.71 bits per heavy atom. The van der Waals surface area contributed by atoms with E-state index in [2.05, 4.69) is 0 Å². The minimum atomic E-state index is -0.261. The van der Waals surface area contributed by atoms with Crippen molar-refractivity contribution in [2.45, 2.75) is 18.8 Å². The minimum absolute atomic E-state index is 0.0391. The predicted octanol–water partition coefficient (Wildman–Crippen LogP) is 3.35. The number of carbonyl (C=O) groups is 1. The van der Waals surface area contributed by atoms with Crippen LogP contribution in [0.4, 0.5) is 0 Å². The first-order valence-corrected chi connectivity index (χ1v) is 6.67. The number of fused-ring (bicyclic) bond motifs is 3. The van der Waals surface area contributed by atoms with Gasteiger partial charge in [-0.1, -0.05) is 0 Å². The van der Waals surface area contributed by atoms with E-state index >= 15 is 0 Å². The molecule has 106 valence electrons. The highest BCUT2D eigenvalue weighted by Crippen LogP contribution is 2.41. The lowest BCUT2D eigenvalue weighted by Gasteiger charge is -2.18. The number of aromatic hydroxyl groups is 2. The van der Waals surface area contributed by atoms with Crippen molar-refractivity contribution in [1.82, 2.24) is 0 Å². The van der Waals surface area contributed by atoms with Crippen LogP contribution in [0.15, 0.2) is 39.4 Å².